The van der Waals surface area contributed by atoms with Crippen molar-refractivity contribution in [2.24, 2.45) is 14.1 Å². The molecule has 17 heavy (non-hydrogen) atoms. The van der Waals surface area contributed by atoms with Gasteiger partial charge in [0, 0.05) is 30.8 Å². The number of aromatic nitrogens is 2. The van der Waals surface area contributed by atoms with E-state index >= 15 is 0 Å². The zero-order valence-electron chi connectivity index (χ0n) is 9.90. The minimum atomic E-state index is 0.538. The van der Waals surface area contributed by atoms with Crippen LogP contribution in [0.2, 0.25) is 0 Å². The lowest BCUT2D eigenvalue weighted by Crippen LogP contribution is -2.00. The summed E-state index contributed by atoms with van der Waals surface area (Å²) < 4.78 is 10.0. The summed E-state index contributed by atoms with van der Waals surface area (Å²) in [5, 5.41) is 0. The van der Waals surface area contributed by atoms with Gasteiger partial charge in [0.1, 0.15) is 11.4 Å². The van der Waals surface area contributed by atoms with Gasteiger partial charge in [-0.1, -0.05) is 0 Å². The SMILES string of the molecule is COc1cc(-c2c(Br)ccn2C)n(C)c1C=O. The predicted octanol–water partition coefficient (Wildman–Crippen LogP) is 2.61. The van der Waals surface area contributed by atoms with Crippen molar-refractivity contribution in [3.8, 4) is 17.1 Å². The number of carbonyl (C=O) groups excluding carboxylic acids is 1. The molecule has 2 aromatic heterocycles. The van der Waals surface area contributed by atoms with Crippen molar-refractivity contribution in [2.45, 2.75) is 0 Å². The molecule has 0 aromatic carbocycles. The summed E-state index contributed by atoms with van der Waals surface area (Å²) in [4.78, 5) is 11.0. The molecule has 0 aliphatic heterocycles. The van der Waals surface area contributed by atoms with Crippen LogP contribution in [0.25, 0.3) is 11.4 Å². The molecule has 0 unspecified atom stereocenters. The monoisotopic (exact) mass is 296 g/mol. The van der Waals surface area contributed by atoms with Gasteiger partial charge in [0.05, 0.1) is 18.5 Å². The molecule has 0 amide bonds. The second kappa shape index (κ2) is 4.41. The first-order chi connectivity index (χ1) is 8.10. The van der Waals surface area contributed by atoms with Gasteiger partial charge in [0.2, 0.25) is 0 Å². The second-order valence-electron chi connectivity index (χ2n) is 3.78. The number of nitrogens with zero attached hydrogens (tertiary/aromatic N) is 2. The Labute approximate surface area is 108 Å². The highest BCUT2D eigenvalue weighted by molar-refractivity contribution is 9.10. The molecular formula is C12H13BrN2O2. The van der Waals surface area contributed by atoms with Crippen LogP contribution in [0.15, 0.2) is 22.8 Å². The normalized spacial score (nSPS) is 10.6. The van der Waals surface area contributed by atoms with Crippen LogP contribution >= 0.6 is 15.9 Å². The van der Waals surface area contributed by atoms with E-state index in [0.29, 0.717) is 11.4 Å². The summed E-state index contributed by atoms with van der Waals surface area (Å²) in [7, 11) is 5.37. The van der Waals surface area contributed by atoms with Crippen LogP contribution in [0.5, 0.6) is 5.75 Å². The molecule has 2 heterocycles. The lowest BCUT2D eigenvalue weighted by atomic mass is 10.3. The van der Waals surface area contributed by atoms with E-state index in [0.717, 1.165) is 22.1 Å². The Hall–Kier alpha value is -1.49. The largest absolute Gasteiger partial charge is 0.494 e. The maximum atomic E-state index is 11.0. The maximum absolute atomic E-state index is 11.0. The Morgan fingerprint density at radius 2 is 2.12 bits per heavy atom. The quantitative estimate of drug-likeness (QED) is 0.817. The fraction of sp³-hybridized carbons (Fsp3) is 0.250. The minimum Gasteiger partial charge on any atom is -0.494 e. The van der Waals surface area contributed by atoms with Gasteiger partial charge >= 0.3 is 0 Å². The second-order valence-corrected chi connectivity index (χ2v) is 4.64. The topological polar surface area (TPSA) is 36.2 Å². The highest BCUT2D eigenvalue weighted by Crippen LogP contribution is 2.33. The lowest BCUT2D eigenvalue weighted by molar-refractivity contribution is 0.111. The number of halogens is 1. The summed E-state index contributed by atoms with van der Waals surface area (Å²) in [5.41, 5.74) is 2.48. The number of hydrogen-bond donors (Lipinski definition) is 0. The van der Waals surface area contributed by atoms with Crippen LogP contribution in [0, 0.1) is 0 Å². The van der Waals surface area contributed by atoms with Crippen LogP contribution in [0.1, 0.15) is 10.5 Å². The molecule has 90 valence electrons. The van der Waals surface area contributed by atoms with Crippen LogP contribution < -0.4 is 4.74 Å². The summed E-state index contributed by atoms with van der Waals surface area (Å²) in [5.74, 6) is 0.589. The Morgan fingerprint density at radius 1 is 1.41 bits per heavy atom. The van der Waals surface area contributed by atoms with Gasteiger partial charge in [-0.05, 0) is 22.0 Å². The average Bonchev–Trinajstić information content (AvgIpc) is 2.80. The number of methoxy groups -OCH3 is 1. The van der Waals surface area contributed by atoms with Crippen molar-refractivity contribution in [3.05, 3.63) is 28.5 Å². The first kappa shape index (κ1) is 12.0. The zero-order chi connectivity index (χ0) is 12.6. The van der Waals surface area contributed by atoms with Gasteiger partial charge in [-0.25, -0.2) is 0 Å². The fourth-order valence-electron chi connectivity index (χ4n) is 1.92. The summed E-state index contributed by atoms with van der Waals surface area (Å²) in [6.07, 6.45) is 2.76. The molecule has 0 fully saturated rings. The standard InChI is InChI=1S/C12H13BrN2O2/c1-14-5-4-8(13)12(14)9-6-11(17-3)10(7-16)15(9)2/h4-7H,1-3H3. The van der Waals surface area contributed by atoms with Crippen molar-refractivity contribution < 1.29 is 9.53 Å². The van der Waals surface area contributed by atoms with Crippen LogP contribution in [-0.2, 0) is 14.1 Å². The van der Waals surface area contributed by atoms with E-state index in [1.165, 1.54) is 0 Å². The first-order valence-electron chi connectivity index (χ1n) is 5.10. The molecule has 0 N–H and O–H groups in total. The van der Waals surface area contributed by atoms with Crippen LogP contribution in [-0.4, -0.2) is 22.5 Å². The van der Waals surface area contributed by atoms with Crippen molar-refractivity contribution >= 4 is 22.2 Å². The lowest BCUT2D eigenvalue weighted by Gasteiger charge is -2.06. The number of rotatable bonds is 3. The van der Waals surface area contributed by atoms with Crippen molar-refractivity contribution in [1.29, 1.82) is 0 Å². The fourth-order valence-corrected chi connectivity index (χ4v) is 2.52. The number of hydrogen-bond acceptors (Lipinski definition) is 2. The van der Waals surface area contributed by atoms with E-state index in [1.54, 1.807) is 7.11 Å². The third kappa shape index (κ3) is 1.80. The molecule has 0 saturated heterocycles. The molecule has 0 radical (unpaired) electrons. The van der Waals surface area contributed by atoms with Crippen molar-refractivity contribution in [3.63, 3.8) is 0 Å². The molecule has 0 saturated carbocycles. The van der Waals surface area contributed by atoms with Gasteiger partial charge in [-0.3, -0.25) is 4.79 Å². The summed E-state index contributed by atoms with van der Waals surface area (Å²) >= 11 is 3.50. The van der Waals surface area contributed by atoms with Crippen molar-refractivity contribution in [2.75, 3.05) is 7.11 Å². The molecular weight excluding hydrogens is 284 g/mol. The molecule has 0 spiro atoms. The molecule has 2 aromatic rings. The molecule has 4 nitrogen and oxygen atoms in total. The number of carbonyl (C=O) groups is 1. The Kier molecular flexibility index (Phi) is 3.11. The van der Waals surface area contributed by atoms with Crippen LogP contribution in [0.3, 0.4) is 0 Å². The van der Waals surface area contributed by atoms with E-state index in [9.17, 15) is 4.79 Å². The van der Waals surface area contributed by atoms with Gasteiger partial charge < -0.3 is 13.9 Å². The highest BCUT2D eigenvalue weighted by Gasteiger charge is 2.17. The first-order valence-corrected chi connectivity index (χ1v) is 5.89. The van der Waals surface area contributed by atoms with Gasteiger partial charge in [-0.2, -0.15) is 0 Å². The molecule has 0 atom stereocenters. The van der Waals surface area contributed by atoms with Crippen LogP contribution in [0.4, 0.5) is 0 Å². The zero-order valence-corrected chi connectivity index (χ0v) is 11.5. The van der Waals surface area contributed by atoms with Crippen molar-refractivity contribution in [1.82, 2.24) is 9.13 Å². The molecule has 2 rings (SSSR count). The molecule has 0 aliphatic rings. The molecule has 5 heteroatoms. The third-order valence-corrected chi connectivity index (χ3v) is 3.48. The van der Waals surface area contributed by atoms with Gasteiger partial charge in [-0.15, -0.1) is 0 Å². The Balaban J connectivity index is 2.69. The summed E-state index contributed by atoms with van der Waals surface area (Å²) in [6, 6.07) is 3.83. The highest BCUT2D eigenvalue weighted by atomic mass is 79.9. The number of ether oxygens (including phenoxy) is 1. The predicted molar refractivity (Wildman–Crippen MR) is 69.5 cm³/mol. The van der Waals surface area contributed by atoms with Gasteiger partial charge in [0.15, 0.2) is 6.29 Å². The smallest absolute Gasteiger partial charge is 0.170 e. The number of aryl methyl sites for hydroxylation is 1. The van der Waals surface area contributed by atoms with E-state index in [2.05, 4.69) is 15.9 Å². The Morgan fingerprint density at radius 3 is 2.53 bits per heavy atom. The van der Waals surface area contributed by atoms with E-state index < -0.39 is 0 Å². The van der Waals surface area contributed by atoms with E-state index in [4.69, 9.17) is 4.74 Å². The minimum absolute atomic E-state index is 0.538. The van der Waals surface area contributed by atoms with Gasteiger partial charge in [0.25, 0.3) is 0 Å². The number of aldehydes is 1. The Bertz CT molecular complexity index is 550. The van der Waals surface area contributed by atoms with E-state index in [-0.39, 0.29) is 0 Å². The average molecular weight is 297 g/mol. The summed E-state index contributed by atoms with van der Waals surface area (Å²) in [6.45, 7) is 0. The molecule has 0 bridgehead atoms. The molecule has 0 aliphatic carbocycles. The maximum Gasteiger partial charge on any atom is 0.170 e. The third-order valence-electron chi connectivity index (χ3n) is 2.84. The van der Waals surface area contributed by atoms with E-state index in [1.807, 2.05) is 41.6 Å².